The summed E-state index contributed by atoms with van der Waals surface area (Å²) in [6.45, 7) is 4.83. The zero-order chi connectivity index (χ0) is 28.2. The molecule has 0 aliphatic carbocycles. The first-order valence-corrected chi connectivity index (χ1v) is 9.17. The van der Waals surface area contributed by atoms with E-state index >= 15 is 0 Å². The van der Waals surface area contributed by atoms with Crippen molar-refractivity contribution in [2.24, 2.45) is 0 Å². The number of aliphatic hydroxyl groups is 1. The van der Waals surface area contributed by atoms with Gasteiger partial charge in [0.05, 0.1) is 19.3 Å². The van der Waals surface area contributed by atoms with E-state index in [-0.39, 0.29) is 12.0 Å². The number of hydrogen-bond acceptors (Lipinski definition) is 13. The molecule has 3 heterocycles. The average molecular weight is 514 g/mol. The molecule has 3 aliphatic heterocycles. The molecule has 16 heteroatoms. The second-order valence-corrected chi connectivity index (χ2v) is 6.63. The Hall–Kier alpha value is -4.99. The molecule has 0 spiro atoms. The van der Waals surface area contributed by atoms with Crippen LogP contribution in [0.1, 0.15) is 26.2 Å². The Kier molecular flexibility index (Phi) is 11.8. The van der Waals surface area contributed by atoms with Gasteiger partial charge in [-0.25, -0.2) is 28.8 Å². The second kappa shape index (κ2) is 13.7. The van der Waals surface area contributed by atoms with Gasteiger partial charge in [0.2, 0.25) is 0 Å². The summed E-state index contributed by atoms with van der Waals surface area (Å²) >= 11 is 0. The van der Waals surface area contributed by atoms with Crippen LogP contribution in [0.2, 0.25) is 0 Å². The van der Waals surface area contributed by atoms with Crippen LogP contribution in [-0.4, -0.2) is 79.8 Å². The van der Waals surface area contributed by atoms with Crippen LogP contribution in [0.5, 0.6) is 0 Å². The lowest BCUT2D eigenvalue weighted by molar-refractivity contribution is -0.170. The molecule has 0 bridgehead atoms. The van der Waals surface area contributed by atoms with Gasteiger partial charge in [-0.1, -0.05) is 6.58 Å². The fourth-order valence-electron chi connectivity index (χ4n) is 1.91. The van der Waals surface area contributed by atoms with Crippen molar-refractivity contribution in [3.63, 3.8) is 0 Å². The minimum absolute atomic E-state index is 0.0544. The number of carbonyl (C=O) groups excluding carboxylic acids is 6. The molecular formula is C20H18O16. The maximum absolute atomic E-state index is 10.3. The lowest BCUT2D eigenvalue weighted by Gasteiger charge is -2.18. The molecule has 0 atom stereocenters. The van der Waals surface area contributed by atoms with E-state index < -0.39 is 72.2 Å². The number of carboxylic acid groups (broad SMARTS) is 3. The van der Waals surface area contributed by atoms with Crippen LogP contribution >= 0.6 is 0 Å². The Morgan fingerprint density at radius 1 is 0.833 bits per heavy atom. The number of carboxylic acids is 3. The smallest absolute Gasteiger partial charge is 0.341 e. The van der Waals surface area contributed by atoms with Crippen molar-refractivity contribution in [2.75, 3.05) is 0 Å². The normalized spacial score (nSPS) is 15.7. The maximum Gasteiger partial charge on any atom is 0.341 e. The second-order valence-electron chi connectivity index (χ2n) is 6.63. The molecule has 0 aromatic carbocycles. The molecule has 0 saturated carbocycles. The highest BCUT2D eigenvalue weighted by atomic mass is 16.6. The van der Waals surface area contributed by atoms with Crippen molar-refractivity contribution >= 4 is 53.7 Å². The van der Waals surface area contributed by atoms with Crippen LogP contribution in [0, 0.1) is 0 Å². The van der Waals surface area contributed by atoms with Gasteiger partial charge >= 0.3 is 53.7 Å². The van der Waals surface area contributed by atoms with Crippen molar-refractivity contribution in [3.8, 4) is 0 Å². The van der Waals surface area contributed by atoms with E-state index in [1.807, 2.05) is 0 Å². The quantitative estimate of drug-likeness (QED) is 0.139. The van der Waals surface area contributed by atoms with Crippen LogP contribution in [0.4, 0.5) is 0 Å². The van der Waals surface area contributed by atoms with Gasteiger partial charge in [0.25, 0.3) is 0 Å². The molecular weight excluding hydrogens is 496 g/mol. The summed E-state index contributed by atoms with van der Waals surface area (Å²) in [5, 5.41) is 33.8. The molecule has 0 unspecified atom stereocenters. The molecule has 0 aromatic heterocycles. The minimum Gasteiger partial charge on any atom is -0.481 e. The summed E-state index contributed by atoms with van der Waals surface area (Å²) in [7, 11) is 0. The molecule has 4 N–H and O–H groups in total. The predicted molar refractivity (Wildman–Crippen MR) is 107 cm³/mol. The fraction of sp³-hybridized carbons (Fsp3) is 0.250. The molecule has 0 radical (unpaired) electrons. The third-order valence-electron chi connectivity index (χ3n) is 3.54. The van der Waals surface area contributed by atoms with Crippen LogP contribution < -0.4 is 0 Å². The molecule has 16 nitrogen and oxygen atoms in total. The first kappa shape index (κ1) is 31.0. The standard InChI is InChI=1S/C6H8O7.2C5H4O3.C4H2O3/c7-3(8)1-6(13,5(11)12)2-4(9)10;2*1-3-2-4(6)8-5(3)7;5-3-1-2-4(6)7-3/h13H,1-2H2,(H,7,8)(H,9,10)(H,11,12);2H,1H3;1-2H2;1-2H. The summed E-state index contributed by atoms with van der Waals surface area (Å²) in [5.74, 6) is -8.36. The van der Waals surface area contributed by atoms with E-state index in [9.17, 15) is 43.2 Å². The molecule has 0 amide bonds. The topological polar surface area (TPSA) is 262 Å². The number of carbonyl (C=O) groups is 9. The Morgan fingerprint density at radius 2 is 1.31 bits per heavy atom. The zero-order valence-electron chi connectivity index (χ0n) is 18.2. The number of esters is 6. The maximum atomic E-state index is 10.3. The summed E-state index contributed by atoms with van der Waals surface area (Å²) < 4.78 is 12.2. The van der Waals surface area contributed by atoms with Crippen LogP contribution in [0.3, 0.4) is 0 Å². The van der Waals surface area contributed by atoms with E-state index in [1.165, 1.54) is 13.0 Å². The average Bonchev–Trinajstić information content (AvgIpc) is 3.33. The molecule has 0 aromatic rings. The largest absolute Gasteiger partial charge is 0.481 e. The first-order valence-electron chi connectivity index (χ1n) is 9.17. The van der Waals surface area contributed by atoms with Crippen molar-refractivity contribution in [1.29, 1.82) is 0 Å². The van der Waals surface area contributed by atoms with E-state index in [2.05, 4.69) is 20.8 Å². The Balaban J connectivity index is 0.000000467. The molecule has 3 aliphatic rings. The summed E-state index contributed by atoms with van der Waals surface area (Å²) in [6, 6.07) is 0. The Bertz CT molecular complexity index is 1020. The third-order valence-corrected chi connectivity index (χ3v) is 3.54. The zero-order valence-corrected chi connectivity index (χ0v) is 18.2. The number of rotatable bonds is 5. The first-order chi connectivity index (χ1) is 16.5. The molecule has 194 valence electrons. The number of ether oxygens (including phenoxy) is 3. The van der Waals surface area contributed by atoms with E-state index in [1.54, 1.807) is 0 Å². The third kappa shape index (κ3) is 11.8. The van der Waals surface area contributed by atoms with Crippen molar-refractivity contribution in [2.45, 2.75) is 31.8 Å². The lowest BCUT2D eigenvalue weighted by atomic mass is 9.96. The van der Waals surface area contributed by atoms with Gasteiger partial charge in [0, 0.05) is 29.4 Å². The SMILES string of the molecule is C=C1CC(=O)OC1=O.CC1=CC(=O)OC1=O.O=C(O)CC(O)(CC(=O)O)C(=O)O.O=C1C=CC(=O)O1. The van der Waals surface area contributed by atoms with Gasteiger partial charge in [0.1, 0.15) is 0 Å². The Labute approximate surface area is 200 Å². The van der Waals surface area contributed by atoms with Gasteiger partial charge in [0.15, 0.2) is 5.60 Å². The van der Waals surface area contributed by atoms with Crippen molar-refractivity contribution in [1.82, 2.24) is 0 Å². The lowest BCUT2D eigenvalue weighted by Crippen LogP contribution is -2.42. The Morgan fingerprint density at radius 3 is 1.44 bits per heavy atom. The minimum atomic E-state index is -2.74. The predicted octanol–water partition coefficient (Wildman–Crippen LogP) is -1.59. The van der Waals surface area contributed by atoms with Crippen LogP contribution in [-0.2, 0) is 57.4 Å². The van der Waals surface area contributed by atoms with E-state index in [0.29, 0.717) is 5.57 Å². The highest BCUT2D eigenvalue weighted by Gasteiger charge is 2.40. The van der Waals surface area contributed by atoms with Gasteiger partial charge in [-0.2, -0.15) is 0 Å². The number of cyclic esters (lactones) is 6. The highest BCUT2D eigenvalue weighted by molar-refractivity contribution is 6.08. The summed E-state index contributed by atoms with van der Waals surface area (Å²) in [5.41, 5.74) is -2.12. The number of hydrogen-bond donors (Lipinski definition) is 4. The van der Waals surface area contributed by atoms with E-state index in [0.717, 1.165) is 12.2 Å². The summed E-state index contributed by atoms with van der Waals surface area (Å²) in [4.78, 5) is 91.2. The van der Waals surface area contributed by atoms with Crippen LogP contribution in [0.25, 0.3) is 0 Å². The molecule has 1 fully saturated rings. The highest BCUT2D eigenvalue weighted by Crippen LogP contribution is 2.15. The van der Waals surface area contributed by atoms with Gasteiger partial charge < -0.3 is 34.6 Å². The van der Waals surface area contributed by atoms with Crippen molar-refractivity contribution < 1.29 is 77.8 Å². The van der Waals surface area contributed by atoms with Crippen molar-refractivity contribution in [3.05, 3.63) is 36.0 Å². The molecule has 3 rings (SSSR count). The number of aliphatic carboxylic acids is 3. The van der Waals surface area contributed by atoms with Gasteiger partial charge in [-0.3, -0.25) is 14.4 Å². The molecule has 1 saturated heterocycles. The van der Waals surface area contributed by atoms with Gasteiger partial charge in [-0.15, -0.1) is 0 Å². The fourth-order valence-corrected chi connectivity index (χ4v) is 1.91. The van der Waals surface area contributed by atoms with Gasteiger partial charge in [-0.05, 0) is 6.92 Å². The summed E-state index contributed by atoms with van der Waals surface area (Å²) in [6.07, 6.45) is 1.11. The van der Waals surface area contributed by atoms with Crippen LogP contribution in [0.15, 0.2) is 36.0 Å². The molecule has 36 heavy (non-hydrogen) atoms. The monoisotopic (exact) mass is 514 g/mol. The van der Waals surface area contributed by atoms with E-state index in [4.69, 9.17) is 20.4 Å².